The van der Waals surface area contributed by atoms with Crippen molar-refractivity contribution < 1.29 is 4.79 Å². The van der Waals surface area contributed by atoms with Crippen molar-refractivity contribution in [3.63, 3.8) is 0 Å². The van der Waals surface area contributed by atoms with E-state index in [1.54, 1.807) is 0 Å². The van der Waals surface area contributed by atoms with Crippen LogP contribution in [0, 0.1) is 13.8 Å². The minimum atomic E-state index is 0.00589. The first-order valence-electron chi connectivity index (χ1n) is 7.38. The maximum atomic E-state index is 12.9. The summed E-state index contributed by atoms with van der Waals surface area (Å²) in [5.74, 6) is 0.757. The summed E-state index contributed by atoms with van der Waals surface area (Å²) in [6, 6.07) is 7.43. The zero-order chi connectivity index (χ0) is 16.6. The molecule has 6 nitrogen and oxygen atoms in total. The van der Waals surface area contributed by atoms with Crippen molar-refractivity contribution in [2.24, 2.45) is 5.10 Å². The van der Waals surface area contributed by atoms with Crippen LogP contribution in [0.2, 0.25) is 0 Å². The molecule has 0 bridgehead atoms. The standard InChI is InChI=1S/C16H18BrN5O/c1-4-22-16(19-20-21-22)14-9(2)13(10(3)18-14)15(23)11-6-5-7-12(17)8-11/h5-8,18,20-21H,4H2,1-3H3. The number of hydrazine groups is 2. The molecule has 0 spiro atoms. The van der Waals surface area contributed by atoms with Crippen molar-refractivity contribution in [2.45, 2.75) is 20.8 Å². The molecule has 2 aromatic rings. The summed E-state index contributed by atoms with van der Waals surface area (Å²) in [7, 11) is 0. The number of nitrogens with one attached hydrogen (secondary N) is 3. The summed E-state index contributed by atoms with van der Waals surface area (Å²) in [6.45, 7) is 6.62. The van der Waals surface area contributed by atoms with Crippen molar-refractivity contribution in [1.82, 2.24) is 21.1 Å². The molecule has 0 saturated heterocycles. The summed E-state index contributed by atoms with van der Waals surface area (Å²) < 4.78 is 0.889. The van der Waals surface area contributed by atoms with Gasteiger partial charge in [-0.1, -0.05) is 28.1 Å². The van der Waals surface area contributed by atoms with E-state index in [1.807, 2.05) is 50.0 Å². The summed E-state index contributed by atoms with van der Waals surface area (Å²) in [4.78, 5) is 16.2. The average Bonchev–Trinajstić information content (AvgIpc) is 3.10. The molecule has 1 aliphatic heterocycles. The van der Waals surface area contributed by atoms with Gasteiger partial charge in [0, 0.05) is 27.8 Å². The highest BCUT2D eigenvalue weighted by Gasteiger charge is 2.26. The van der Waals surface area contributed by atoms with E-state index < -0.39 is 0 Å². The number of benzene rings is 1. The van der Waals surface area contributed by atoms with Gasteiger partial charge in [-0.2, -0.15) is 0 Å². The van der Waals surface area contributed by atoms with Crippen LogP contribution in [0.25, 0.3) is 0 Å². The number of aryl methyl sites for hydroxylation is 1. The molecule has 1 aliphatic rings. The molecule has 7 heteroatoms. The highest BCUT2D eigenvalue weighted by Crippen LogP contribution is 2.24. The van der Waals surface area contributed by atoms with Gasteiger partial charge in [-0.25, -0.2) is 5.53 Å². The van der Waals surface area contributed by atoms with Crippen LogP contribution in [-0.2, 0) is 0 Å². The van der Waals surface area contributed by atoms with Crippen LogP contribution in [0.5, 0.6) is 0 Å². The minimum Gasteiger partial charge on any atom is -0.355 e. The Morgan fingerprint density at radius 1 is 1.35 bits per heavy atom. The van der Waals surface area contributed by atoms with Crippen LogP contribution in [0.15, 0.2) is 33.8 Å². The molecular formula is C16H18BrN5O. The number of aromatic amines is 1. The van der Waals surface area contributed by atoms with Crippen LogP contribution < -0.4 is 11.1 Å². The lowest BCUT2D eigenvalue weighted by molar-refractivity contribution is 0.103. The Kier molecular flexibility index (Phi) is 4.23. The molecule has 1 aromatic heterocycles. The van der Waals surface area contributed by atoms with E-state index in [2.05, 4.69) is 37.1 Å². The molecule has 0 saturated carbocycles. The normalized spacial score (nSPS) is 13.9. The summed E-state index contributed by atoms with van der Waals surface area (Å²) in [6.07, 6.45) is 0. The predicted octanol–water partition coefficient (Wildman–Crippen LogP) is 2.63. The van der Waals surface area contributed by atoms with Gasteiger partial charge in [0.2, 0.25) is 0 Å². The molecule has 3 rings (SSSR count). The molecule has 120 valence electrons. The van der Waals surface area contributed by atoms with Gasteiger partial charge in [-0.05, 0) is 38.5 Å². The Balaban J connectivity index is 2.03. The predicted molar refractivity (Wildman–Crippen MR) is 93.0 cm³/mol. The lowest BCUT2D eigenvalue weighted by Gasteiger charge is -2.15. The quantitative estimate of drug-likeness (QED) is 0.718. The maximum absolute atomic E-state index is 12.9. The topological polar surface area (TPSA) is 72.5 Å². The molecule has 23 heavy (non-hydrogen) atoms. The van der Waals surface area contributed by atoms with Gasteiger partial charge >= 0.3 is 0 Å². The molecule has 0 radical (unpaired) electrons. The SMILES string of the molecule is CCN1NNN=C1c1[nH]c(C)c(C(=O)c2cccc(Br)c2)c1C. The first-order chi connectivity index (χ1) is 11.0. The van der Waals surface area contributed by atoms with E-state index >= 15 is 0 Å². The van der Waals surface area contributed by atoms with Gasteiger partial charge in [-0.15, -0.1) is 10.6 Å². The highest BCUT2D eigenvalue weighted by molar-refractivity contribution is 9.10. The number of rotatable bonds is 4. The number of aromatic nitrogens is 1. The lowest BCUT2D eigenvalue weighted by Crippen LogP contribution is -2.41. The second kappa shape index (κ2) is 6.17. The summed E-state index contributed by atoms with van der Waals surface area (Å²) in [5, 5.41) is 6.13. The molecule has 1 aromatic carbocycles. The number of hydrogen-bond acceptors (Lipinski definition) is 5. The van der Waals surface area contributed by atoms with E-state index in [0.29, 0.717) is 11.1 Å². The van der Waals surface area contributed by atoms with Crippen molar-refractivity contribution in [1.29, 1.82) is 0 Å². The van der Waals surface area contributed by atoms with Crippen LogP contribution in [0.1, 0.15) is 39.8 Å². The van der Waals surface area contributed by atoms with E-state index in [9.17, 15) is 4.79 Å². The van der Waals surface area contributed by atoms with E-state index in [-0.39, 0.29) is 5.78 Å². The minimum absolute atomic E-state index is 0.00589. The van der Waals surface area contributed by atoms with Gasteiger partial charge < -0.3 is 4.98 Å². The number of hydrazone groups is 1. The Hall–Kier alpha value is -2.12. The van der Waals surface area contributed by atoms with Gasteiger partial charge in [0.1, 0.15) is 0 Å². The fraction of sp³-hybridized carbons (Fsp3) is 0.250. The van der Waals surface area contributed by atoms with Gasteiger partial charge in [0.15, 0.2) is 11.6 Å². The van der Waals surface area contributed by atoms with Crippen LogP contribution >= 0.6 is 15.9 Å². The highest BCUT2D eigenvalue weighted by atomic mass is 79.9. The third kappa shape index (κ3) is 2.77. The number of H-pyrrole nitrogens is 1. The van der Waals surface area contributed by atoms with Gasteiger partial charge in [0.25, 0.3) is 0 Å². The molecule has 2 heterocycles. The second-order valence-corrected chi connectivity index (χ2v) is 6.28. The third-order valence-corrected chi connectivity index (χ3v) is 4.39. The zero-order valence-corrected chi connectivity index (χ0v) is 14.8. The Labute approximate surface area is 143 Å². The number of halogens is 1. The Morgan fingerprint density at radius 3 is 2.83 bits per heavy atom. The molecule has 0 amide bonds. The van der Waals surface area contributed by atoms with Crippen molar-refractivity contribution in [3.05, 3.63) is 56.8 Å². The molecule has 3 N–H and O–H groups in total. The molecule has 0 fully saturated rings. The van der Waals surface area contributed by atoms with Crippen LogP contribution in [0.4, 0.5) is 0 Å². The van der Waals surface area contributed by atoms with Gasteiger partial charge in [0.05, 0.1) is 5.69 Å². The summed E-state index contributed by atoms with van der Waals surface area (Å²) in [5.41, 5.74) is 9.64. The third-order valence-electron chi connectivity index (χ3n) is 3.89. The number of hydrogen-bond donors (Lipinski definition) is 3. The smallest absolute Gasteiger partial charge is 0.195 e. The molecule has 0 unspecified atom stereocenters. The van der Waals surface area contributed by atoms with Crippen LogP contribution in [-0.4, -0.2) is 28.2 Å². The summed E-state index contributed by atoms with van der Waals surface area (Å²) >= 11 is 3.41. The Morgan fingerprint density at radius 2 is 2.13 bits per heavy atom. The number of ketones is 1. The molecule has 0 atom stereocenters. The number of carbonyl (C=O) groups is 1. The molecule has 0 aliphatic carbocycles. The van der Waals surface area contributed by atoms with Crippen molar-refractivity contribution in [2.75, 3.05) is 6.54 Å². The first kappa shape index (κ1) is 15.8. The first-order valence-corrected chi connectivity index (χ1v) is 8.18. The van der Waals surface area contributed by atoms with Crippen molar-refractivity contribution >= 4 is 27.5 Å². The number of carbonyl (C=O) groups excluding carboxylic acids is 1. The zero-order valence-electron chi connectivity index (χ0n) is 13.2. The second-order valence-electron chi connectivity index (χ2n) is 5.37. The largest absolute Gasteiger partial charge is 0.355 e. The number of nitrogens with zero attached hydrogens (tertiary/aromatic N) is 2. The Bertz CT molecular complexity index is 796. The van der Waals surface area contributed by atoms with Crippen LogP contribution in [0.3, 0.4) is 0 Å². The lowest BCUT2D eigenvalue weighted by atomic mass is 9.99. The molecular weight excluding hydrogens is 358 g/mol. The van der Waals surface area contributed by atoms with Gasteiger partial charge in [-0.3, -0.25) is 9.80 Å². The fourth-order valence-electron chi connectivity index (χ4n) is 2.76. The fourth-order valence-corrected chi connectivity index (χ4v) is 3.16. The van der Waals surface area contributed by atoms with Crippen molar-refractivity contribution in [3.8, 4) is 0 Å². The van der Waals surface area contributed by atoms with E-state index in [4.69, 9.17) is 0 Å². The number of amidine groups is 1. The maximum Gasteiger partial charge on any atom is 0.195 e. The average molecular weight is 376 g/mol. The van der Waals surface area contributed by atoms with E-state index in [0.717, 1.165) is 33.8 Å². The monoisotopic (exact) mass is 375 g/mol. The van der Waals surface area contributed by atoms with E-state index in [1.165, 1.54) is 0 Å².